The van der Waals surface area contributed by atoms with Crippen LogP contribution in [0.3, 0.4) is 0 Å². The van der Waals surface area contributed by atoms with Crippen molar-refractivity contribution >= 4 is 69.3 Å². The smallest absolute Gasteiger partial charge is 0.258 e. The van der Waals surface area contributed by atoms with Gasteiger partial charge in [0.05, 0.1) is 24.6 Å². The van der Waals surface area contributed by atoms with E-state index in [2.05, 4.69) is 4.98 Å². The predicted octanol–water partition coefficient (Wildman–Crippen LogP) is 7.67. The van der Waals surface area contributed by atoms with E-state index in [1.54, 1.807) is 42.5 Å². The van der Waals surface area contributed by atoms with E-state index in [0.717, 1.165) is 4.90 Å². The van der Waals surface area contributed by atoms with Crippen LogP contribution in [-0.2, 0) is 19.2 Å². The zero-order valence-corrected chi connectivity index (χ0v) is 30.5. The van der Waals surface area contributed by atoms with Crippen molar-refractivity contribution < 1.29 is 55.4 Å². The summed E-state index contributed by atoms with van der Waals surface area (Å²) in [5, 5.41) is 10.4. The number of methoxy groups -OCH3 is 1. The van der Waals surface area contributed by atoms with Crippen LogP contribution in [0.25, 0.3) is 22.6 Å². The van der Waals surface area contributed by atoms with Gasteiger partial charge in [-0.25, -0.2) is 31.8 Å². The van der Waals surface area contributed by atoms with Crippen LogP contribution in [0.15, 0.2) is 82.8 Å². The maximum Gasteiger partial charge on any atom is 0.258 e. The fraction of sp³-hybridized carbons (Fsp3) is 0.225. The average molecular weight is 825 g/mol. The Kier molecular flexibility index (Phi) is 8.14. The number of imide groups is 2. The van der Waals surface area contributed by atoms with Crippen LogP contribution in [0.1, 0.15) is 24.3 Å². The van der Waals surface area contributed by atoms with E-state index in [1.165, 1.54) is 37.4 Å². The molecule has 3 heterocycles. The van der Waals surface area contributed by atoms with Crippen molar-refractivity contribution in [3.63, 3.8) is 0 Å². The number of anilines is 2. The second-order valence-corrected chi connectivity index (χ2v) is 15.4. The van der Waals surface area contributed by atoms with Gasteiger partial charge in [-0.3, -0.25) is 24.1 Å². The Morgan fingerprint density at radius 1 is 0.825 bits per heavy atom. The van der Waals surface area contributed by atoms with E-state index in [9.17, 15) is 37.5 Å². The molecule has 2 aliphatic carbocycles. The molecule has 17 heteroatoms. The molecule has 1 saturated carbocycles. The number of rotatable bonds is 5. The van der Waals surface area contributed by atoms with Crippen molar-refractivity contribution in [2.75, 3.05) is 16.9 Å². The van der Waals surface area contributed by atoms with E-state index < -0.39 is 98.2 Å². The Hall–Kier alpha value is -5.80. The van der Waals surface area contributed by atoms with Crippen LogP contribution >= 0.6 is 23.2 Å². The summed E-state index contributed by atoms with van der Waals surface area (Å²) in [4.78, 5) is 57.3. The molecule has 5 aromatic rings. The molecule has 6 unspecified atom stereocenters. The highest BCUT2D eigenvalue weighted by atomic mass is 35.5. The second kappa shape index (κ2) is 12.6. The van der Waals surface area contributed by atoms with Crippen LogP contribution in [0, 0.1) is 46.8 Å². The number of halogens is 7. The first-order chi connectivity index (χ1) is 27.1. The maximum atomic E-state index is 15.3. The number of aromatic hydroxyl groups is 1. The molecule has 4 amide bonds. The molecule has 57 heavy (non-hydrogen) atoms. The summed E-state index contributed by atoms with van der Waals surface area (Å²) in [5.74, 6) is -21.9. The van der Waals surface area contributed by atoms with E-state index in [0.29, 0.717) is 22.6 Å². The van der Waals surface area contributed by atoms with Gasteiger partial charge in [-0.1, -0.05) is 29.8 Å². The maximum absolute atomic E-state index is 15.3. The summed E-state index contributed by atoms with van der Waals surface area (Å²) in [6.45, 7) is 0. The van der Waals surface area contributed by atoms with Crippen LogP contribution in [0.5, 0.6) is 11.5 Å². The fourth-order valence-corrected chi connectivity index (χ4v) is 9.75. The number of hydrogen-bond donors (Lipinski definition) is 1. The molecule has 6 atom stereocenters. The van der Waals surface area contributed by atoms with Gasteiger partial charge < -0.3 is 14.3 Å². The number of benzene rings is 4. The number of amides is 4. The summed E-state index contributed by atoms with van der Waals surface area (Å²) in [5.41, 5.74) is 0.371. The first-order valence-electron chi connectivity index (χ1n) is 17.3. The van der Waals surface area contributed by atoms with E-state index in [4.69, 9.17) is 32.4 Å². The quantitative estimate of drug-likeness (QED) is 0.0478. The van der Waals surface area contributed by atoms with Crippen molar-refractivity contribution in [1.82, 2.24) is 4.98 Å². The third-order valence-corrected chi connectivity index (χ3v) is 12.8. The molecule has 2 saturated heterocycles. The Morgan fingerprint density at radius 3 is 2.16 bits per heavy atom. The van der Waals surface area contributed by atoms with Crippen molar-refractivity contribution in [2.45, 2.75) is 28.5 Å². The highest BCUT2D eigenvalue weighted by Gasteiger charge is 2.77. The van der Waals surface area contributed by atoms with Gasteiger partial charge in [-0.15, -0.1) is 23.2 Å². The average Bonchev–Trinajstić information content (AvgIpc) is 3.80. The number of fused-ring (bicyclic) bond motifs is 5. The van der Waals surface area contributed by atoms with Gasteiger partial charge in [0.1, 0.15) is 11.2 Å². The third-order valence-electron chi connectivity index (χ3n) is 11.4. The predicted molar refractivity (Wildman–Crippen MR) is 193 cm³/mol. The zero-order chi connectivity index (χ0) is 40.5. The van der Waals surface area contributed by atoms with Crippen molar-refractivity contribution in [3.8, 4) is 23.0 Å². The number of carbonyl (C=O) groups excluding carboxylic acids is 4. The van der Waals surface area contributed by atoms with Crippen molar-refractivity contribution in [1.29, 1.82) is 0 Å². The Bertz CT molecular complexity index is 2610. The molecule has 290 valence electrons. The molecule has 0 bridgehead atoms. The number of ether oxygens (including phenoxy) is 1. The van der Waals surface area contributed by atoms with Crippen molar-refractivity contribution in [2.24, 2.45) is 17.8 Å². The fourth-order valence-electron chi connectivity index (χ4n) is 8.82. The molecular weight excluding hydrogens is 800 g/mol. The zero-order valence-electron chi connectivity index (χ0n) is 29.0. The van der Waals surface area contributed by atoms with E-state index in [-0.39, 0.29) is 39.6 Å². The number of oxazole rings is 1. The Morgan fingerprint density at radius 2 is 1.49 bits per heavy atom. The third kappa shape index (κ3) is 4.84. The molecule has 1 N–H and O–H groups in total. The first-order valence-corrected chi connectivity index (χ1v) is 18.1. The molecule has 10 nitrogen and oxygen atoms in total. The van der Waals surface area contributed by atoms with E-state index in [1.807, 2.05) is 0 Å². The number of allylic oxidation sites excluding steroid dienone is 2. The monoisotopic (exact) mass is 823 g/mol. The minimum atomic E-state index is -2.73. The molecule has 4 aromatic carbocycles. The minimum Gasteiger partial charge on any atom is -0.504 e. The molecular formula is C40H24Cl2F5N3O7. The molecule has 3 fully saturated rings. The second-order valence-electron chi connectivity index (χ2n) is 14.2. The van der Waals surface area contributed by atoms with Crippen LogP contribution in [-0.4, -0.2) is 50.6 Å². The van der Waals surface area contributed by atoms with Gasteiger partial charge in [-0.2, -0.15) is 0 Å². The largest absolute Gasteiger partial charge is 0.504 e. The number of phenolic OH excluding ortho intramolecular Hbond substituents is 1. The van der Waals surface area contributed by atoms with Gasteiger partial charge in [0, 0.05) is 11.5 Å². The Labute approximate surface area is 328 Å². The van der Waals surface area contributed by atoms with Gasteiger partial charge in [0.15, 0.2) is 50.1 Å². The number of aromatic nitrogens is 1. The number of alkyl halides is 2. The first kappa shape index (κ1) is 36.8. The number of nitrogens with zero attached hydrogens (tertiary/aromatic N) is 3. The normalized spacial score (nSPS) is 26.8. The van der Waals surface area contributed by atoms with Crippen molar-refractivity contribution in [3.05, 3.63) is 113 Å². The topological polar surface area (TPSA) is 130 Å². The Balaban J connectivity index is 1.15. The lowest BCUT2D eigenvalue weighted by atomic mass is 9.56. The van der Waals surface area contributed by atoms with Gasteiger partial charge >= 0.3 is 0 Å². The number of carbonyl (C=O) groups is 4. The minimum absolute atomic E-state index is 0.0595. The summed E-state index contributed by atoms with van der Waals surface area (Å²) in [7, 11) is 1.22. The van der Waals surface area contributed by atoms with Crippen LogP contribution in [0.4, 0.5) is 33.3 Å². The lowest BCUT2D eigenvalue weighted by Crippen LogP contribution is -2.60. The van der Waals surface area contributed by atoms with Gasteiger partial charge in [-0.05, 0) is 72.9 Å². The standard InChI is InChI=1S/C40H24Cl2F5N3O7/c1-56-25-14-17(8-13-23(25)51)27-19-11-12-20-26(36(53)49(35(20)52)18-9-6-16(7-10-18)34-48-22-4-2-3-5-24(22)57-34)21(19)15-39(41)37(54)50(38(55)40(27,39)42)33-31(46)29(44)28(43)30(45)32(33)47/h2-11,13-14,20-21,26-27,51H,12,15H2,1H3. The molecule has 4 aliphatic rings. The number of para-hydroxylation sites is 2. The summed E-state index contributed by atoms with van der Waals surface area (Å²) in [6.07, 6.45) is 0.840. The van der Waals surface area contributed by atoms with Crippen LogP contribution < -0.4 is 14.5 Å². The van der Waals surface area contributed by atoms with Gasteiger partial charge in [0.2, 0.25) is 23.5 Å². The summed E-state index contributed by atoms with van der Waals surface area (Å²) >= 11 is 14.4. The number of phenols is 1. The highest BCUT2D eigenvalue weighted by Crippen LogP contribution is 2.66. The SMILES string of the molecule is COc1cc(C2C3=CCC4C(=O)N(c5ccc(-c6nc7ccccc7o6)cc5)C(=O)C4C3CC3(Cl)C(=O)N(c4c(F)c(F)c(F)c(F)c4F)C(=O)C23Cl)ccc1O. The van der Waals surface area contributed by atoms with E-state index >= 15 is 8.78 Å². The number of hydrogen-bond acceptors (Lipinski definition) is 8. The molecule has 2 aliphatic heterocycles. The molecule has 0 radical (unpaired) electrons. The van der Waals surface area contributed by atoms with Crippen LogP contribution in [0.2, 0.25) is 0 Å². The lowest BCUT2D eigenvalue weighted by molar-refractivity contribution is -0.125. The molecule has 9 rings (SSSR count). The highest BCUT2D eigenvalue weighted by molar-refractivity contribution is 6.58. The van der Waals surface area contributed by atoms with Gasteiger partial charge in [0.25, 0.3) is 11.8 Å². The molecule has 0 spiro atoms. The molecule has 1 aromatic heterocycles. The lowest BCUT2D eigenvalue weighted by Gasteiger charge is -2.50. The summed E-state index contributed by atoms with van der Waals surface area (Å²) < 4.78 is 84.9. The summed E-state index contributed by atoms with van der Waals surface area (Å²) in [6, 6.07) is 17.2.